The molecule has 90 valence electrons. The average Bonchev–Trinajstić information content (AvgIpc) is 2.36. The largest absolute Gasteiger partial charge is 0.462 e. The van der Waals surface area contributed by atoms with Crippen molar-refractivity contribution in [2.75, 3.05) is 6.61 Å². The SMILES string of the molecule is CCCCCOC(=O)c1ccc(N=[N+]=[N-])cc1. The Bertz CT molecular complexity index is 408. The first-order valence-electron chi connectivity index (χ1n) is 5.60. The lowest BCUT2D eigenvalue weighted by Gasteiger charge is -2.04. The summed E-state index contributed by atoms with van der Waals surface area (Å²) in [6.45, 7) is 2.54. The first kappa shape index (κ1) is 13.1. The van der Waals surface area contributed by atoms with Gasteiger partial charge in [0.15, 0.2) is 0 Å². The predicted molar refractivity (Wildman–Crippen MR) is 65.1 cm³/mol. The third-order valence-corrected chi connectivity index (χ3v) is 2.24. The van der Waals surface area contributed by atoms with Crippen molar-refractivity contribution < 1.29 is 9.53 Å². The summed E-state index contributed by atoms with van der Waals surface area (Å²) in [7, 11) is 0. The second-order valence-corrected chi connectivity index (χ2v) is 3.58. The molecule has 0 aliphatic rings. The third kappa shape index (κ3) is 4.57. The molecule has 0 aromatic heterocycles. The molecule has 0 saturated carbocycles. The number of esters is 1. The second-order valence-electron chi connectivity index (χ2n) is 3.58. The Morgan fingerprint density at radius 1 is 1.35 bits per heavy atom. The van der Waals surface area contributed by atoms with Crippen molar-refractivity contribution in [1.29, 1.82) is 0 Å². The fraction of sp³-hybridized carbons (Fsp3) is 0.417. The molecule has 5 heteroatoms. The standard InChI is InChI=1S/C12H15N3O2/c1-2-3-4-9-17-12(16)10-5-7-11(8-6-10)14-15-13/h5-8H,2-4,9H2,1H3. The van der Waals surface area contributed by atoms with Crippen LogP contribution in [0.1, 0.15) is 36.5 Å². The summed E-state index contributed by atoms with van der Waals surface area (Å²) in [6.07, 6.45) is 3.04. The van der Waals surface area contributed by atoms with Gasteiger partial charge in [-0.2, -0.15) is 0 Å². The number of hydrogen-bond donors (Lipinski definition) is 0. The summed E-state index contributed by atoms with van der Waals surface area (Å²) in [5.41, 5.74) is 9.18. The Labute approximate surface area is 100 Å². The van der Waals surface area contributed by atoms with E-state index in [0.29, 0.717) is 17.9 Å². The highest BCUT2D eigenvalue weighted by Crippen LogP contribution is 2.13. The Kier molecular flexibility index (Phi) is 5.61. The van der Waals surface area contributed by atoms with E-state index < -0.39 is 0 Å². The highest BCUT2D eigenvalue weighted by molar-refractivity contribution is 5.89. The van der Waals surface area contributed by atoms with Gasteiger partial charge in [0.2, 0.25) is 0 Å². The molecule has 0 aliphatic carbocycles. The highest BCUT2D eigenvalue weighted by Gasteiger charge is 2.05. The minimum absolute atomic E-state index is 0.339. The molecule has 1 aromatic rings. The number of hydrogen-bond acceptors (Lipinski definition) is 3. The minimum Gasteiger partial charge on any atom is -0.462 e. The molecule has 0 spiro atoms. The average molecular weight is 233 g/mol. The van der Waals surface area contributed by atoms with Crippen LogP contribution in [0.4, 0.5) is 5.69 Å². The molecule has 0 bridgehead atoms. The Morgan fingerprint density at radius 3 is 2.65 bits per heavy atom. The third-order valence-electron chi connectivity index (χ3n) is 2.24. The van der Waals surface area contributed by atoms with Crippen LogP contribution >= 0.6 is 0 Å². The van der Waals surface area contributed by atoms with Gasteiger partial charge in [0.05, 0.1) is 12.2 Å². The molecule has 0 aliphatic heterocycles. The smallest absolute Gasteiger partial charge is 0.338 e. The number of unbranched alkanes of at least 4 members (excludes halogenated alkanes) is 2. The van der Waals surface area contributed by atoms with Gasteiger partial charge < -0.3 is 4.74 Å². The van der Waals surface area contributed by atoms with Gasteiger partial charge in [-0.05, 0) is 24.1 Å². The van der Waals surface area contributed by atoms with Gasteiger partial charge in [-0.3, -0.25) is 0 Å². The number of benzene rings is 1. The van der Waals surface area contributed by atoms with Gasteiger partial charge in [0.1, 0.15) is 0 Å². The van der Waals surface area contributed by atoms with Crippen molar-refractivity contribution >= 4 is 11.7 Å². The maximum Gasteiger partial charge on any atom is 0.338 e. The monoisotopic (exact) mass is 233 g/mol. The maximum absolute atomic E-state index is 11.6. The molecule has 0 saturated heterocycles. The van der Waals surface area contributed by atoms with Crippen LogP contribution in [0, 0.1) is 0 Å². The number of carbonyl (C=O) groups excluding carboxylic acids is 1. The number of nitrogens with zero attached hydrogens (tertiary/aromatic N) is 3. The van der Waals surface area contributed by atoms with Crippen LogP contribution in [0.25, 0.3) is 10.4 Å². The fourth-order valence-electron chi connectivity index (χ4n) is 1.32. The van der Waals surface area contributed by atoms with Crippen molar-refractivity contribution in [1.82, 2.24) is 0 Å². The van der Waals surface area contributed by atoms with Gasteiger partial charge in [0.25, 0.3) is 0 Å². The molecule has 0 fully saturated rings. The van der Waals surface area contributed by atoms with E-state index in [1.165, 1.54) is 0 Å². The Morgan fingerprint density at radius 2 is 2.06 bits per heavy atom. The lowest BCUT2D eigenvalue weighted by molar-refractivity contribution is 0.0498. The number of rotatable bonds is 6. The molecular weight excluding hydrogens is 218 g/mol. The predicted octanol–water partition coefficient (Wildman–Crippen LogP) is 3.98. The highest BCUT2D eigenvalue weighted by atomic mass is 16.5. The van der Waals surface area contributed by atoms with Crippen molar-refractivity contribution in [2.24, 2.45) is 5.11 Å². The van der Waals surface area contributed by atoms with Gasteiger partial charge in [-0.25, -0.2) is 4.79 Å². The van der Waals surface area contributed by atoms with E-state index in [0.717, 1.165) is 19.3 Å². The van der Waals surface area contributed by atoms with Crippen LogP contribution in [0.15, 0.2) is 29.4 Å². The summed E-state index contributed by atoms with van der Waals surface area (Å²) in [4.78, 5) is 14.2. The summed E-state index contributed by atoms with van der Waals surface area (Å²) < 4.78 is 5.09. The molecule has 0 radical (unpaired) electrons. The molecule has 1 rings (SSSR count). The molecule has 0 heterocycles. The summed E-state index contributed by atoms with van der Waals surface area (Å²) in [5.74, 6) is -0.339. The van der Waals surface area contributed by atoms with Crippen LogP contribution < -0.4 is 0 Å². The van der Waals surface area contributed by atoms with Crippen molar-refractivity contribution in [3.05, 3.63) is 40.3 Å². The molecule has 0 N–H and O–H groups in total. The first-order chi connectivity index (χ1) is 8.27. The quantitative estimate of drug-likeness (QED) is 0.245. The van der Waals surface area contributed by atoms with Gasteiger partial charge in [-0.1, -0.05) is 37.0 Å². The van der Waals surface area contributed by atoms with E-state index in [1.807, 2.05) is 0 Å². The van der Waals surface area contributed by atoms with Crippen LogP contribution in [0.2, 0.25) is 0 Å². The van der Waals surface area contributed by atoms with E-state index in [4.69, 9.17) is 10.3 Å². The van der Waals surface area contributed by atoms with Gasteiger partial charge in [-0.15, -0.1) is 0 Å². The number of ether oxygens (including phenoxy) is 1. The fourth-order valence-corrected chi connectivity index (χ4v) is 1.32. The van der Waals surface area contributed by atoms with Crippen molar-refractivity contribution in [3.63, 3.8) is 0 Å². The van der Waals surface area contributed by atoms with E-state index in [9.17, 15) is 4.79 Å². The zero-order valence-corrected chi connectivity index (χ0v) is 9.80. The van der Waals surface area contributed by atoms with E-state index in [1.54, 1.807) is 24.3 Å². The second kappa shape index (κ2) is 7.30. The lowest BCUT2D eigenvalue weighted by atomic mass is 10.2. The van der Waals surface area contributed by atoms with Crippen molar-refractivity contribution in [2.45, 2.75) is 26.2 Å². The van der Waals surface area contributed by atoms with Crippen molar-refractivity contribution in [3.8, 4) is 0 Å². The van der Waals surface area contributed by atoms with Crippen LogP contribution in [-0.2, 0) is 4.74 Å². The topological polar surface area (TPSA) is 75.1 Å². The molecule has 5 nitrogen and oxygen atoms in total. The first-order valence-corrected chi connectivity index (χ1v) is 5.60. The normalized spacial score (nSPS) is 9.47. The zero-order chi connectivity index (χ0) is 12.5. The molecule has 0 atom stereocenters. The molecule has 17 heavy (non-hydrogen) atoms. The number of azide groups is 1. The van der Waals surface area contributed by atoms with Crippen LogP contribution in [0.5, 0.6) is 0 Å². The minimum atomic E-state index is -0.339. The summed E-state index contributed by atoms with van der Waals surface area (Å²) in [5, 5.41) is 3.42. The van der Waals surface area contributed by atoms with E-state index in [2.05, 4.69) is 16.9 Å². The van der Waals surface area contributed by atoms with Gasteiger partial charge in [0, 0.05) is 10.6 Å². The molecule has 0 amide bonds. The van der Waals surface area contributed by atoms with Gasteiger partial charge >= 0.3 is 5.97 Å². The molecular formula is C12H15N3O2. The van der Waals surface area contributed by atoms with E-state index in [-0.39, 0.29) is 5.97 Å². The zero-order valence-electron chi connectivity index (χ0n) is 9.80. The number of carbonyl (C=O) groups is 1. The van der Waals surface area contributed by atoms with Crippen LogP contribution in [-0.4, -0.2) is 12.6 Å². The molecule has 1 aromatic carbocycles. The Balaban J connectivity index is 2.49. The Hall–Kier alpha value is -2.00. The van der Waals surface area contributed by atoms with E-state index >= 15 is 0 Å². The summed E-state index contributed by atoms with van der Waals surface area (Å²) in [6, 6.07) is 6.35. The summed E-state index contributed by atoms with van der Waals surface area (Å²) >= 11 is 0. The molecule has 0 unspecified atom stereocenters. The van der Waals surface area contributed by atoms with Crippen LogP contribution in [0.3, 0.4) is 0 Å². The lowest BCUT2D eigenvalue weighted by Crippen LogP contribution is -2.05. The maximum atomic E-state index is 11.6.